The summed E-state index contributed by atoms with van der Waals surface area (Å²) in [7, 11) is 0. The Morgan fingerprint density at radius 2 is 1.75 bits per heavy atom. The Hall–Kier alpha value is -3.37. The van der Waals surface area contributed by atoms with Gasteiger partial charge in [-0.2, -0.15) is 0 Å². The van der Waals surface area contributed by atoms with E-state index in [4.69, 9.17) is 4.74 Å². The summed E-state index contributed by atoms with van der Waals surface area (Å²) < 4.78 is 19.1. The van der Waals surface area contributed by atoms with Crippen LogP contribution in [0.2, 0.25) is 0 Å². The molecule has 3 aliphatic rings. The van der Waals surface area contributed by atoms with Gasteiger partial charge >= 0.3 is 5.97 Å². The minimum Gasteiger partial charge on any atom is -0.462 e. The molecule has 5 rings (SSSR count). The summed E-state index contributed by atoms with van der Waals surface area (Å²) in [6.07, 6.45) is 28.2. The number of rotatable bonds is 3. The lowest BCUT2D eigenvalue weighted by atomic mass is 9.57. The first-order chi connectivity index (χ1) is 17.6. The highest BCUT2D eigenvalue weighted by Gasteiger charge is 2.53. The maximum Gasteiger partial charge on any atom is 0.309 e. The van der Waals surface area contributed by atoms with Gasteiger partial charge in [0.25, 0.3) is 0 Å². The van der Waals surface area contributed by atoms with Crippen LogP contribution < -0.4 is 0 Å². The van der Waals surface area contributed by atoms with E-state index in [-0.39, 0.29) is 29.7 Å². The van der Waals surface area contributed by atoms with Gasteiger partial charge in [0.1, 0.15) is 11.9 Å². The number of ether oxygens (including phenoxy) is 1. The van der Waals surface area contributed by atoms with Crippen molar-refractivity contribution in [2.75, 3.05) is 0 Å². The standard InChI is InChI=1S/C26H28FNO2.C2H6.2C2H2/c1-16-25-23(22-8-3-2-5-18(22)14-24(25)26(29)30-16)12-11-21-10-9-19(15-28-21)17-6-4-7-20(27)13-17;3*1-2/h4,6-7,9-13,15-16,18,22-25H,2-3,5,8,14H2,1H3;1-2H3;2*1-2H/b12-11+;;;/t16-,18+,22?,23+,24-,25+;;;/m1.../s1. The lowest BCUT2D eigenvalue weighted by molar-refractivity contribution is -0.144. The number of nitrogens with zero attached hydrogens (tertiary/aromatic N) is 1. The van der Waals surface area contributed by atoms with Crippen LogP contribution in [0.3, 0.4) is 0 Å². The van der Waals surface area contributed by atoms with Crippen LogP contribution in [0.1, 0.15) is 58.6 Å². The van der Waals surface area contributed by atoms with Gasteiger partial charge in [-0.1, -0.05) is 57.4 Å². The fourth-order valence-electron chi connectivity index (χ4n) is 6.14. The minimum atomic E-state index is -0.243. The summed E-state index contributed by atoms with van der Waals surface area (Å²) in [5.74, 6) is 1.73. The number of pyridine rings is 1. The molecule has 1 unspecified atom stereocenters. The van der Waals surface area contributed by atoms with Crippen LogP contribution in [-0.2, 0) is 9.53 Å². The third-order valence-electron chi connectivity index (χ3n) is 7.51. The number of allylic oxidation sites excluding steroid dienone is 1. The van der Waals surface area contributed by atoms with Gasteiger partial charge in [0.15, 0.2) is 0 Å². The maximum atomic E-state index is 13.5. The van der Waals surface area contributed by atoms with Crippen LogP contribution in [-0.4, -0.2) is 17.1 Å². The second kappa shape index (κ2) is 14.3. The van der Waals surface area contributed by atoms with E-state index >= 15 is 0 Å². The summed E-state index contributed by atoms with van der Waals surface area (Å²) in [6, 6.07) is 10.5. The van der Waals surface area contributed by atoms with Crippen LogP contribution in [0.5, 0.6) is 0 Å². The Morgan fingerprint density at radius 3 is 2.42 bits per heavy atom. The fourth-order valence-corrected chi connectivity index (χ4v) is 6.14. The average Bonchev–Trinajstić information content (AvgIpc) is 3.23. The van der Waals surface area contributed by atoms with Crippen LogP contribution in [0.4, 0.5) is 4.39 Å². The van der Waals surface area contributed by atoms with Gasteiger partial charge in [0, 0.05) is 17.7 Å². The molecule has 2 heterocycles. The normalized spacial score (nSPS) is 27.9. The van der Waals surface area contributed by atoms with E-state index in [2.05, 4.69) is 49.8 Å². The summed E-state index contributed by atoms with van der Waals surface area (Å²) in [5.41, 5.74) is 2.62. The van der Waals surface area contributed by atoms with E-state index in [1.165, 1.54) is 37.8 Å². The van der Waals surface area contributed by atoms with Crippen molar-refractivity contribution in [1.82, 2.24) is 4.98 Å². The smallest absolute Gasteiger partial charge is 0.309 e. The Labute approximate surface area is 216 Å². The highest BCUT2D eigenvalue weighted by Crippen LogP contribution is 2.53. The number of terminal acetylenes is 2. The number of carbonyl (C=O) groups excluding carboxylic acids is 1. The van der Waals surface area contributed by atoms with Crippen molar-refractivity contribution < 1.29 is 13.9 Å². The third kappa shape index (κ3) is 6.44. The van der Waals surface area contributed by atoms with Crippen molar-refractivity contribution in [3.8, 4) is 36.8 Å². The summed E-state index contributed by atoms with van der Waals surface area (Å²) >= 11 is 0. The highest BCUT2D eigenvalue weighted by atomic mass is 19.1. The molecule has 1 aromatic carbocycles. The van der Waals surface area contributed by atoms with Crippen molar-refractivity contribution in [1.29, 1.82) is 0 Å². The molecule has 4 heteroatoms. The molecule has 2 aliphatic carbocycles. The zero-order chi connectivity index (χ0) is 26.7. The highest BCUT2D eigenvalue weighted by molar-refractivity contribution is 5.75. The lowest BCUT2D eigenvalue weighted by Gasteiger charge is -2.45. The largest absolute Gasteiger partial charge is 0.462 e. The Bertz CT molecular complexity index is 1030. The second-order valence-electron chi connectivity index (χ2n) is 9.19. The van der Waals surface area contributed by atoms with E-state index in [0.29, 0.717) is 17.8 Å². The molecule has 0 radical (unpaired) electrons. The van der Waals surface area contributed by atoms with Gasteiger partial charge in [-0.25, -0.2) is 4.39 Å². The summed E-state index contributed by atoms with van der Waals surface area (Å²) in [4.78, 5) is 17.0. The second-order valence-corrected chi connectivity index (χ2v) is 9.19. The predicted octanol–water partition coefficient (Wildman–Crippen LogP) is 7.43. The molecule has 1 saturated heterocycles. The Balaban J connectivity index is 0.000000710. The van der Waals surface area contributed by atoms with Crippen LogP contribution in [0.15, 0.2) is 48.7 Å². The molecule has 0 amide bonds. The molecular formula is C32H38FNO2. The molecular weight excluding hydrogens is 449 g/mol. The molecule has 3 fully saturated rings. The first-order valence-electron chi connectivity index (χ1n) is 12.9. The molecule has 190 valence electrons. The zero-order valence-electron chi connectivity index (χ0n) is 21.6. The van der Waals surface area contributed by atoms with Gasteiger partial charge in [0.05, 0.1) is 11.6 Å². The summed E-state index contributed by atoms with van der Waals surface area (Å²) in [5, 5.41) is 0. The number of cyclic esters (lactones) is 1. The Morgan fingerprint density at radius 1 is 1.03 bits per heavy atom. The molecule has 3 nitrogen and oxygen atoms in total. The quantitative estimate of drug-likeness (QED) is 0.334. The first kappa shape index (κ1) is 28.9. The number of fused-ring (bicyclic) bond motifs is 2. The molecule has 6 atom stereocenters. The number of esters is 1. The van der Waals surface area contributed by atoms with Gasteiger partial charge < -0.3 is 4.74 Å². The average molecular weight is 488 g/mol. The lowest BCUT2D eigenvalue weighted by Crippen LogP contribution is -2.42. The van der Waals surface area contributed by atoms with E-state index in [9.17, 15) is 9.18 Å². The molecule has 1 aliphatic heterocycles. The van der Waals surface area contributed by atoms with E-state index in [0.717, 1.165) is 23.2 Å². The van der Waals surface area contributed by atoms with E-state index in [1.807, 2.05) is 32.0 Å². The van der Waals surface area contributed by atoms with Gasteiger partial charge in [-0.3, -0.25) is 9.78 Å². The fraction of sp³-hybridized carbons (Fsp3) is 0.438. The third-order valence-corrected chi connectivity index (χ3v) is 7.51. The molecule has 1 aromatic heterocycles. The number of hydrogen-bond acceptors (Lipinski definition) is 3. The molecule has 0 spiro atoms. The van der Waals surface area contributed by atoms with Gasteiger partial charge in [-0.05, 0) is 67.4 Å². The topological polar surface area (TPSA) is 39.2 Å². The van der Waals surface area contributed by atoms with Crippen LogP contribution >= 0.6 is 0 Å². The van der Waals surface area contributed by atoms with Crippen LogP contribution in [0, 0.1) is 61.1 Å². The molecule has 2 aromatic rings. The van der Waals surface area contributed by atoms with Crippen molar-refractivity contribution in [3.05, 3.63) is 60.2 Å². The molecule has 36 heavy (non-hydrogen) atoms. The van der Waals surface area contributed by atoms with Crippen LogP contribution in [0.25, 0.3) is 17.2 Å². The maximum absolute atomic E-state index is 13.5. The van der Waals surface area contributed by atoms with Gasteiger partial charge in [0.2, 0.25) is 0 Å². The van der Waals surface area contributed by atoms with Crippen molar-refractivity contribution in [2.24, 2.45) is 29.6 Å². The molecule has 0 N–H and O–H groups in total. The molecule has 0 bridgehead atoms. The monoisotopic (exact) mass is 487 g/mol. The number of carbonyl (C=O) groups is 1. The van der Waals surface area contributed by atoms with E-state index in [1.54, 1.807) is 12.3 Å². The summed E-state index contributed by atoms with van der Waals surface area (Å²) in [6.45, 7) is 6.05. The van der Waals surface area contributed by atoms with Crippen molar-refractivity contribution in [3.63, 3.8) is 0 Å². The van der Waals surface area contributed by atoms with Crippen molar-refractivity contribution >= 4 is 12.0 Å². The number of aromatic nitrogens is 1. The van der Waals surface area contributed by atoms with Crippen molar-refractivity contribution in [2.45, 2.75) is 59.0 Å². The number of hydrogen-bond donors (Lipinski definition) is 0. The van der Waals surface area contributed by atoms with Gasteiger partial charge in [-0.15, -0.1) is 25.7 Å². The SMILES string of the molecule is C#C.C#C.CC.C[C@H]1OC(=O)[C@@H]2C[C@@H]3CCCCC3[C@H](/C=C/c3ccc(-c4cccc(F)c4)cn3)[C@H]12. The zero-order valence-corrected chi connectivity index (χ0v) is 21.6. The molecule has 2 saturated carbocycles. The minimum absolute atomic E-state index is 0.00694. The number of halogens is 1. The first-order valence-corrected chi connectivity index (χ1v) is 12.9. The number of benzene rings is 1. The van der Waals surface area contributed by atoms with E-state index < -0.39 is 0 Å². The predicted molar refractivity (Wildman–Crippen MR) is 146 cm³/mol. The Kier molecular flexibility index (Phi) is 11.4.